The lowest BCUT2D eigenvalue weighted by Crippen LogP contribution is -2.44. The Kier molecular flexibility index (Phi) is 10.6. The standard InChI is InChI=1S/C17H25F2N3O2.2ClH/c1-12-7-22(8-13(2)24-12)9-14-3-5-15(6-4-14)16(23)21-11-17(18,19)10-20;;/h3-6,12-13H,7-11,20H2,1-2H3,(H,21,23);2*1H. The van der Waals surface area contributed by atoms with Crippen LogP contribution in [-0.2, 0) is 11.3 Å². The molecule has 0 spiro atoms. The van der Waals surface area contributed by atoms with Gasteiger partial charge in [0.25, 0.3) is 11.8 Å². The minimum absolute atomic E-state index is 0. The maximum absolute atomic E-state index is 13.1. The molecular weight excluding hydrogens is 387 g/mol. The fourth-order valence-corrected chi connectivity index (χ4v) is 2.82. The van der Waals surface area contributed by atoms with E-state index in [1.165, 1.54) is 0 Å². The summed E-state index contributed by atoms with van der Waals surface area (Å²) >= 11 is 0. The quantitative estimate of drug-likeness (QED) is 0.751. The third-order valence-electron chi connectivity index (χ3n) is 3.92. The number of ether oxygens (including phenoxy) is 1. The number of carbonyl (C=O) groups is 1. The molecule has 5 nitrogen and oxygen atoms in total. The first-order chi connectivity index (χ1) is 11.3. The minimum atomic E-state index is -3.08. The number of hydrogen-bond acceptors (Lipinski definition) is 4. The molecule has 2 rings (SSSR count). The van der Waals surface area contributed by atoms with Crippen LogP contribution in [-0.4, -0.2) is 55.1 Å². The number of amides is 1. The van der Waals surface area contributed by atoms with Gasteiger partial charge in [0.05, 0.1) is 25.3 Å². The van der Waals surface area contributed by atoms with E-state index in [0.29, 0.717) is 5.56 Å². The van der Waals surface area contributed by atoms with Crippen LogP contribution in [0, 0.1) is 0 Å². The molecule has 1 saturated heterocycles. The summed E-state index contributed by atoms with van der Waals surface area (Å²) < 4.78 is 31.8. The molecule has 1 heterocycles. The summed E-state index contributed by atoms with van der Waals surface area (Å²) in [5.41, 5.74) is 6.37. The molecule has 2 unspecified atom stereocenters. The van der Waals surface area contributed by atoms with Gasteiger partial charge in [-0.1, -0.05) is 12.1 Å². The van der Waals surface area contributed by atoms with Gasteiger partial charge in [-0.05, 0) is 31.5 Å². The zero-order valence-corrected chi connectivity index (χ0v) is 16.5. The molecule has 1 fully saturated rings. The number of rotatable bonds is 6. The van der Waals surface area contributed by atoms with Gasteiger partial charge in [-0.2, -0.15) is 0 Å². The highest BCUT2D eigenvalue weighted by atomic mass is 35.5. The second kappa shape index (κ2) is 11.0. The summed E-state index contributed by atoms with van der Waals surface area (Å²) in [5, 5.41) is 2.21. The lowest BCUT2D eigenvalue weighted by Gasteiger charge is -2.35. The molecule has 3 N–H and O–H groups in total. The first kappa shape index (κ1) is 25.0. The average Bonchev–Trinajstić information content (AvgIpc) is 2.52. The van der Waals surface area contributed by atoms with Crippen LogP contribution in [0.3, 0.4) is 0 Å². The number of nitrogens with zero attached hydrogens (tertiary/aromatic N) is 1. The van der Waals surface area contributed by atoms with E-state index in [9.17, 15) is 13.6 Å². The zero-order chi connectivity index (χ0) is 17.7. The second-order valence-corrected chi connectivity index (χ2v) is 6.39. The van der Waals surface area contributed by atoms with Gasteiger partial charge in [0, 0.05) is 25.2 Å². The molecule has 1 amide bonds. The van der Waals surface area contributed by atoms with Crippen LogP contribution < -0.4 is 11.1 Å². The van der Waals surface area contributed by atoms with Crippen molar-refractivity contribution in [1.29, 1.82) is 0 Å². The molecular formula is C17H27Cl2F2N3O2. The highest BCUT2D eigenvalue weighted by Crippen LogP contribution is 2.15. The normalized spacial score (nSPS) is 20.7. The summed E-state index contributed by atoms with van der Waals surface area (Å²) in [4.78, 5) is 14.2. The first-order valence-electron chi connectivity index (χ1n) is 8.12. The summed E-state index contributed by atoms with van der Waals surface area (Å²) in [5.74, 6) is -3.61. The van der Waals surface area contributed by atoms with Crippen molar-refractivity contribution in [3.8, 4) is 0 Å². The molecule has 0 saturated carbocycles. The number of benzene rings is 1. The van der Waals surface area contributed by atoms with E-state index in [4.69, 9.17) is 10.5 Å². The van der Waals surface area contributed by atoms with Crippen molar-refractivity contribution >= 4 is 30.7 Å². The van der Waals surface area contributed by atoms with Crippen molar-refractivity contribution in [1.82, 2.24) is 10.2 Å². The molecule has 0 aliphatic carbocycles. The Morgan fingerprint density at radius 1 is 1.23 bits per heavy atom. The van der Waals surface area contributed by atoms with Crippen molar-refractivity contribution < 1.29 is 18.3 Å². The van der Waals surface area contributed by atoms with E-state index in [-0.39, 0.29) is 37.0 Å². The zero-order valence-electron chi connectivity index (χ0n) is 14.9. The van der Waals surface area contributed by atoms with E-state index in [2.05, 4.69) is 10.2 Å². The van der Waals surface area contributed by atoms with Crippen LogP contribution in [0.4, 0.5) is 8.78 Å². The van der Waals surface area contributed by atoms with Gasteiger partial charge in [0.1, 0.15) is 0 Å². The number of nitrogens with two attached hydrogens (primary N) is 1. The van der Waals surface area contributed by atoms with Gasteiger partial charge in [-0.25, -0.2) is 8.78 Å². The predicted octanol–water partition coefficient (Wildman–Crippen LogP) is 2.46. The van der Waals surface area contributed by atoms with Crippen molar-refractivity contribution in [2.24, 2.45) is 5.73 Å². The van der Waals surface area contributed by atoms with Gasteiger partial charge in [0.2, 0.25) is 0 Å². The molecule has 1 aliphatic rings. The minimum Gasteiger partial charge on any atom is -0.373 e. The van der Waals surface area contributed by atoms with Crippen molar-refractivity contribution in [3.05, 3.63) is 35.4 Å². The largest absolute Gasteiger partial charge is 0.373 e. The van der Waals surface area contributed by atoms with Gasteiger partial charge in [-0.3, -0.25) is 9.69 Å². The Balaban J connectivity index is 0.00000312. The molecule has 1 aliphatic heterocycles. The molecule has 0 radical (unpaired) electrons. The maximum Gasteiger partial charge on any atom is 0.277 e. The van der Waals surface area contributed by atoms with Crippen LogP contribution in [0.2, 0.25) is 0 Å². The fourth-order valence-electron chi connectivity index (χ4n) is 2.82. The number of halogens is 4. The highest BCUT2D eigenvalue weighted by molar-refractivity contribution is 5.94. The predicted molar refractivity (Wildman–Crippen MR) is 103 cm³/mol. The first-order valence-corrected chi connectivity index (χ1v) is 8.12. The Morgan fingerprint density at radius 3 is 2.27 bits per heavy atom. The molecule has 26 heavy (non-hydrogen) atoms. The van der Waals surface area contributed by atoms with Gasteiger partial charge >= 0.3 is 0 Å². The summed E-state index contributed by atoms with van der Waals surface area (Å²) in [7, 11) is 0. The Hall–Kier alpha value is -0.990. The van der Waals surface area contributed by atoms with Crippen molar-refractivity contribution in [2.45, 2.75) is 38.5 Å². The van der Waals surface area contributed by atoms with E-state index in [1.54, 1.807) is 12.1 Å². The lowest BCUT2D eigenvalue weighted by molar-refractivity contribution is -0.0704. The second-order valence-electron chi connectivity index (χ2n) is 6.39. The molecule has 0 aromatic heterocycles. The van der Waals surface area contributed by atoms with Crippen molar-refractivity contribution in [3.63, 3.8) is 0 Å². The Bertz CT molecular complexity index is 551. The van der Waals surface area contributed by atoms with Gasteiger partial charge in [-0.15, -0.1) is 24.8 Å². The van der Waals surface area contributed by atoms with Crippen LogP contribution in [0.1, 0.15) is 29.8 Å². The molecule has 150 valence electrons. The number of carbonyl (C=O) groups excluding carboxylic acids is 1. The summed E-state index contributed by atoms with van der Waals surface area (Å²) in [6.07, 6.45) is 0.394. The smallest absolute Gasteiger partial charge is 0.277 e. The molecule has 1 aromatic rings. The summed E-state index contributed by atoms with van der Waals surface area (Å²) in [6.45, 7) is 5.05. The molecule has 9 heteroatoms. The molecule has 0 bridgehead atoms. The Labute approximate surface area is 165 Å². The topological polar surface area (TPSA) is 67.6 Å². The van der Waals surface area contributed by atoms with Crippen LogP contribution in [0.5, 0.6) is 0 Å². The van der Waals surface area contributed by atoms with E-state index >= 15 is 0 Å². The van der Waals surface area contributed by atoms with E-state index in [1.807, 2.05) is 26.0 Å². The summed E-state index contributed by atoms with van der Waals surface area (Å²) in [6, 6.07) is 7.00. The number of alkyl halides is 2. The monoisotopic (exact) mass is 413 g/mol. The molecule has 1 aromatic carbocycles. The molecule has 2 atom stereocenters. The third kappa shape index (κ3) is 7.72. The third-order valence-corrected chi connectivity index (χ3v) is 3.92. The maximum atomic E-state index is 13.1. The van der Waals surface area contributed by atoms with Crippen LogP contribution in [0.15, 0.2) is 24.3 Å². The average molecular weight is 414 g/mol. The highest BCUT2D eigenvalue weighted by Gasteiger charge is 2.27. The number of hydrogen-bond donors (Lipinski definition) is 2. The van der Waals surface area contributed by atoms with Crippen LogP contribution in [0.25, 0.3) is 0 Å². The number of nitrogens with one attached hydrogen (secondary N) is 1. The van der Waals surface area contributed by atoms with Crippen molar-refractivity contribution in [2.75, 3.05) is 26.2 Å². The fraction of sp³-hybridized carbons (Fsp3) is 0.588. The number of morpholine rings is 1. The van der Waals surface area contributed by atoms with E-state index < -0.39 is 24.9 Å². The lowest BCUT2D eigenvalue weighted by atomic mass is 10.1. The van der Waals surface area contributed by atoms with Gasteiger partial charge in [0.15, 0.2) is 0 Å². The van der Waals surface area contributed by atoms with Crippen LogP contribution >= 0.6 is 24.8 Å². The van der Waals surface area contributed by atoms with Gasteiger partial charge < -0.3 is 15.8 Å². The Morgan fingerprint density at radius 2 is 1.77 bits per heavy atom. The van der Waals surface area contributed by atoms with E-state index in [0.717, 1.165) is 25.2 Å². The SMILES string of the molecule is CC1CN(Cc2ccc(C(=O)NCC(F)(F)CN)cc2)CC(C)O1.Cl.Cl.